The number of carbonyl (C=O) groups excluding carboxylic acids is 2. The molecule has 0 aromatic heterocycles. The van der Waals surface area contributed by atoms with Gasteiger partial charge in [0, 0.05) is 25.1 Å². The van der Waals surface area contributed by atoms with Crippen molar-refractivity contribution < 1.29 is 9.59 Å². The van der Waals surface area contributed by atoms with Crippen molar-refractivity contribution in [3.63, 3.8) is 0 Å². The van der Waals surface area contributed by atoms with Crippen LogP contribution in [0.1, 0.15) is 17.3 Å². The number of hydrogen-bond donors (Lipinski definition) is 1. The number of ketones is 1. The number of carbonyl (C=O) groups is 2. The van der Waals surface area contributed by atoms with E-state index in [1.165, 1.54) is 0 Å². The largest absolute Gasteiger partial charge is 0.359 e. The Hall–Kier alpha value is -1.68. The Bertz CT molecular complexity index is 404. The van der Waals surface area contributed by atoms with E-state index >= 15 is 0 Å². The summed E-state index contributed by atoms with van der Waals surface area (Å²) in [4.78, 5) is 25.2. The predicted molar refractivity (Wildman–Crippen MR) is 71.5 cm³/mol. The molecular weight excluding hydrogens is 228 g/mol. The minimum absolute atomic E-state index is 0.00555. The van der Waals surface area contributed by atoms with Crippen LogP contribution in [0, 0.1) is 5.92 Å². The Labute approximate surface area is 108 Å². The molecule has 0 saturated carbocycles. The Morgan fingerprint density at radius 2 is 1.89 bits per heavy atom. The smallest absolute Gasteiger partial charge is 0.223 e. The van der Waals surface area contributed by atoms with E-state index < -0.39 is 0 Å². The third kappa shape index (κ3) is 4.30. The third-order valence-corrected chi connectivity index (χ3v) is 2.79. The molecule has 18 heavy (non-hydrogen) atoms. The fourth-order valence-corrected chi connectivity index (χ4v) is 1.82. The van der Waals surface area contributed by atoms with Crippen molar-refractivity contribution in [3.05, 3.63) is 35.9 Å². The molecule has 0 bridgehead atoms. The predicted octanol–water partition coefficient (Wildman–Crippen LogP) is 1.18. The summed E-state index contributed by atoms with van der Waals surface area (Å²) in [5.74, 6) is -0.0557. The maximum atomic E-state index is 11.9. The molecule has 0 saturated heterocycles. The first kappa shape index (κ1) is 14.4. The Morgan fingerprint density at radius 1 is 1.28 bits per heavy atom. The minimum Gasteiger partial charge on any atom is -0.359 e. The lowest BCUT2D eigenvalue weighted by molar-refractivity contribution is -0.124. The van der Waals surface area contributed by atoms with Crippen LogP contribution in [0.4, 0.5) is 0 Å². The number of nitrogens with zero attached hydrogens (tertiary/aromatic N) is 1. The van der Waals surface area contributed by atoms with Gasteiger partial charge in [-0.3, -0.25) is 14.5 Å². The number of nitrogens with one attached hydrogen (secondary N) is 1. The molecule has 0 heterocycles. The molecule has 1 aromatic carbocycles. The summed E-state index contributed by atoms with van der Waals surface area (Å²) in [6, 6.07) is 9.19. The Balaban J connectivity index is 2.48. The maximum absolute atomic E-state index is 11.9. The summed E-state index contributed by atoms with van der Waals surface area (Å²) in [6.45, 7) is 2.74. The molecule has 4 heteroatoms. The highest BCUT2D eigenvalue weighted by molar-refractivity contribution is 5.97. The van der Waals surface area contributed by atoms with E-state index in [4.69, 9.17) is 0 Å². The van der Waals surface area contributed by atoms with Gasteiger partial charge < -0.3 is 5.32 Å². The van der Waals surface area contributed by atoms with Gasteiger partial charge >= 0.3 is 0 Å². The topological polar surface area (TPSA) is 49.4 Å². The van der Waals surface area contributed by atoms with Gasteiger partial charge in [0.2, 0.25) is 5.91 Å². The average molecular weight is 248 g/mol. The van der Waals surface area contributed by atoms with Crippen molar-refractivity contribution in [2.24, 2.45) is 5.92 Å². The molecular formula is C14H20N2O2. The zero-order valence-corrected chi connectivity index (χ0v) is 11.1. The van der Waals surface area contributed by atoms with E-state index in [1.54, 1.807) is 19.2 Å². The molecule has 1 rings (SSSR count). The third-order valence-electron chi connectivity index (χ3n) is 2.79. The van der Waals surface area contributed by atoms with Crippen molar-refractivity contribution in [2.45, 2.75) is 6.92 Å². The second kappa shape index (κ2) is 6.91. The standard InChI is InChI=1S/C14H20N2O2/c1-11(14(18)15-2)9-16(3)10-13(17)12-7-5-4-6-8-12/h4-8,11H,9-10H2,1-3H3,(H,15,18). The summed E-state index contributed by atoms with van der Waals surface area (Å²) in [5, 5.41) is 2.60. The molecule has 0 fully saturated rings. The fraction of sp³-hybridized carbons (Fsp3) is 0.429. The van der Waals surface area contributed by atoms with Gasteiger partial charge in [-0.15, -0.1) is 0 Å². The molecule has 1 unspecified atom stereocenters. The molecule has 0 aliphatic rings. The zero-order valence-electron chi connectivity index (χ0n) is 11.1. The van der Waals surface area contributed by atoms with Gasteiger partial charge in [-0.25, -0.2) is 0 Å². The van der Waals surface area contributed by atoms with Crippen LogP contribution in [-0.2, 0) is 4.79 Å². The first-order chi connectivity index (χ1) is 8.54. The van der Waals surface area contributed by atoms with Crippen LogP contribution in [0.25, 0.3) is 0 Å². The summed E-state index contributed by atoms with van der Waals surface area (Å²) >= 11 is 0. The lowest BCUT2D eigenvalue weighted by atomic mass is 10.1. The van der Waals surface area contributed by atoms with Gasteiger partial charge in [0.05, 0.1) is 6.54 Å². The normalized spacial score (nSPS) is 12.2. The van der Waals surface area contributed by atoms with E-state index in [9.17, 15) is 9.59 Å². The van der Waals surface area contributed by atoms with E-state index in [0.717, 1.165) is 0 Å². The highest BCUT2D eigenvalue weighted by Crippen LogP contribution is 2.03. The maximum Gasteiger partial charge on any atom is 0.223 e. The van der Waals surface area contributed by atoms with Gasteiger partial charge in [0.25, 0.3) is 0 Å². The molecule has 1 amide bonds. The molecule has 4 nitrogen and oxygen atoms in total. The first-order valence-corrected chi connectivity index (χ1v) is 6.03. The van der Waals surface area contributed by atoms with Crippen LogP contribution in [0.2, 0.25) is 0 Å². The second-order valence-electron chi connectivity index (χ2n) is 4.50. The highest BCUT2D eigenvalue weighted by atomic mass is 16.1. The number of benzene rings is 1. The van der Waals surface area contributed by atoms with Crippen LogP contribution in [0.15, 0.2) is 30.3 Å². The fourth-order valence-electron chi connectivity index (χ4n) is 1.82. The molecule has 0 aliphatic carbocycles. The molecule has 1 atom stereocenters. The molecule has 1 aromatic rings. The lowest BCUT2D eigenvalue weighted by Gasteiger charge is -2.19. The van der Waals surface area contributed by atoms with Crippen molar-refractivity contribution in [1.29, 1.82) is 0 Å². The molecule has 1 N–H and O–H groups in total. The average Bonchev–Trinajstić information content (AvgIpc) is 2.38. The Kier molecular flexibility index (Phi) is 5.52. The zero-order chi connectivity index (χ0) is 13.5. The monoisotopic (exact) mass is 248 g/mol. The summed E-state index contributed by atoms with van der Waals surface area (Å²) in [5.41, 5.74) is 0.706. The van der Waals surface area contributed by atoms with Crippen molar-refractivity contribution in [1.82, 2.24) is 10.2 Å². The van der Waals surface area contributed by atoms with Crippen LogP contribution in [0.3, 0.4) is 0 Å². The summed E-state index contributed by atoms with van der Waals surface area (Å²) in [7, 11) is 3.47. The van der Waals surface area contributed by atoms with E-state index in [-0.39, 0.29) is 17.6 Å². The van der Waals surface area contributed by atoms with Gasteiger partial charge in [-0.2, -0.15) is 0 Å². The van der Waals surface area contributed by atoms with Crippen LogP contribution < -0.4 is 5.32 Å². The number of likely N-dealkylation sites (N-methyl/N-ethyl adjacent to an activating group) is 1. The minimum atomic E-state index is -0.122. The molecule has 0 spiro atoms. The molecule has 98 valence electrons. The summed E-state index contributed by atoms with van der Waals surface area (Å²) < 4.78 is 0. The van der Waals surface area contributed by atoms with Gasteiger partial charge in [0.1, 0.15) is 0 Å². The second-order valence-corrected chi connectivity index (χ2v) is 4.50. The van der Waals surface area contributed by atoms with E-state index in [2.05, 4.69) is 5.32 Å². The van der Waals surface area contributed by atoms with Crippen molar-refractivity contribution >= 4 is 11.7 Å². The lowest BCUT2D eigenvalue weighted by Crippen LogP contribution is -2.36. The highest BCUT2D eigenvalue weighted by Gasteiger charge is 2.15. The molecule has 0 aliphatic heterocycles. The Morgan fingerprint density at radius 3 is 2.44 bits per heavy atom. The van der Waals surface area contributed by atoms with Crippen molar-refractivity contribution in [3.8, 4) is 0 Å². The summed E-state index contributed by atoms with van der Waals surface area (Å²) in [6.07, 6.45) is 0. The van der Waals surface area contributed by atoms with Gasteiger partial charge in [-0.1, -0.05) is 37.3 Å². The van der Waals surface area contributed by atoms with Crippen LogP contribution in [-0.4, -0.2) is 43.8 Å². The number of rotatable bonds is 6. The van der Waals surface area contributed by atoms with E-state index in [1.807, 2.05) is 37.1 Å². The SMILES string of the molecule is CNC(=O)C(C)CN(C)CC(=O)c1ccccc1. The van der Waals surface area contributed by atoms with Crippen LogP contribution in [0.5, 0.6) is 0 Å². The molecule has 0 radical (unpaired) electrons. The quantitative estimate of drug-likeness (QED) is 0.769. The number of hydrogen-bond acceptors (Lipinski definition) is 3. The first-order valence-electron chi connectivity index (χ1n) is 6.03. The van der Waals surface area contributed by atoms with Gasteiger partial charge in [-0.05, 0) is 7.05 Å². The van der Waals surface area contributed by atoms with Gasteiger partial charge in [0.15, 0.2) is 5.78 Å². The van der Waals surface area contributed by atoms with Crippen LogP contribution >= 0.6 is 0 Å². The van der Waals surface area contributed by atoms with E-state index in [0.29, 0.717) is 18.7 Å². The number of amides is 1. The number of Topliss-reactive ketones (excluding diaryl/α,β-unsaturated/α-hetero) is 1. The van der Waals surface area contributed by atoms with Crippen molar-refractivity contribution in [2.75, 3.05) is 27.2 Å².